The van der Waals surface area contributed by atoms with Crippen LogP contribution < -0.4 is 11.5 Å². The number of hydrogen-bond acceptors (Lipinski definition) is 5. The zero-order chi connectivity index (χ0) is 18.8. The Morgan fingerprint density at radius 1 is 1.00 bits per heavy atom. The van der Waals surface area contributed by atoms with Gasteiger partial charge in [-0.25, -0.2) is 4.98 Å². The van der Waals surface area contributed by atoms with Crippen molar-refractivity contribution in [3.05, 3.63) is 83.7 Å². The number of nitrogens with two attached hydrogens (primary N) is 2. The third-order valence-corrected chi connectivity index (χ3v) is 4.48. The van der Waals surface area contributed by atoms with Crippen molar-refractivity contribution in [3.8, 4) is 11.3 Å². The van der Waals surface area contributed by atoms with E-state index in [1.807, 2.05) is 54.6 Å². The van der Waals surface area contributed by atoms with Crippen LogP contribution in [-0.4, -0.2) is 16.0 Å². The van der Waals surface area contributed by atoms with Crippen LogP contribution in [0.2, 0.25) is 0 Å². The summed E-state index contributed by atoms with van der Waals surface area (Å²) in [6.07, 6.45) is 0.466. The minimum Gasteiger partial charge on any atom is -0.364 e. The van der Waals surface area contributed by atoms with E-state index in [9.17, 15) is 4.79 Å². The fourth-order valence-electron chi connectivity index (χ4n) is 3.18. The molecule has 4 N–H and O–H groups in total. The number of carbonyl (C=O) groups excluding carboxylic acids is 1. The van der Waals surface area contributed by atoms with E-state index in [0.29, 0.717) is 12.1 Å². The first kappa shape index (κ1) is 16.9. The van der Waals surface area contributed by atoms with Crippen LogP contribution in [0.5, 0.6) is 0 Å². The molecule has 0 aliphatic rings. The summed E-state index contributed by atoms with van der Waals surface area (Å²) in [6.45, 7) is 0. The van der Waals surface area contributed by atoms with Crippen LogP contribution >= 0.6 is 0 Å². The molecule has 0 radical (unpaired) electrons. The summed E-state index contributed by atoms with van der Waals surface area (Å²) in [7, 11) is 0. The summed E-state index contributed by atoms with van der Waals surface area (Å²) in [4.78, 5) is 15.6. The second-order valence-electron chi connectivity index (χ2n) is 6.30. The zero-order valence-corrected chi connectivity index (χ0v) is 14.5. The first-order valence-electron chi connectivity index (χ1n) is 8.58. The third-order valence-electron chi connectivity index (χ3n) is 4.48. The summed E-state index contributed by atoms with van der Waals surface area (Å²) in [5, 5.41) is 5.18. The molecule has 6 heteroatoms. The fraction of sp³-hybridized carbons (Fsp3) is 0.0952. The van der Waals surface area contributed by atoms with Crippen LogP contribution in [-0.2, 0) is 6.42 Å². The van der Waals surface area contributed by atoms with Gasteiger partial charge in [-0.3, -0.25) is 4.79 Å². The van der Waals surface area contributed by atoms with Gasteiger partial charge in [0.1, 0.15) is 11.4 Å². The highest BCUT2D eigenvalue weighted by Gasteiger charge is 2.18. The van der Waals surface area contributed by atoms with Crippen LogP contribution in [0.15, 0.2) is 71.3 Å². The molecule has 0 saturated carbocycles. The van der Waals surface area contributed by atoms with E-state index in [1.54, 1.807) is 12.1 Å². The van der Waals surface area contributed by atoms with Gasteiger partial charge in [0.15, 0.2) is 5.58 Å². The summed E-state index contributed by atoms with van der Waals surface area (Å²) >= 11 is 0. The van der Waals surface area contributed by atoms with Gasteiger partial charge in [-0.1, -0.05) is 47.6 Å². The van der Waals surface area contributed by atoms with Crippen molar-refractivity contribution in [2.24, 2.45) is 11.5 Å². The van der Waals surface area contributed by atoms with Gasteiger partial charge < -0.3 is 16.0 Å². The molecule has 1 amide bonds. The van der Waals surface area contributed by atoms with Gasteiger partial charge in [-0.15, -0.1) is 0 Å². The lowest BCUT2D eigenvalue weighted by molar-refractivity contribution is 0.0995. The van der Waals surface area contributed by atoms with E-state index >= 15 is 0 Å². The summed E-state index contributed by atoms with van der Waals surface area (Å²) in [6, 6.07) is 20.4. The Hall–Kier alpha value is -3.51. The predicted octanol–water partition coefficient (Wildman–Crippen LogP) is 3.23. The van der Waals surface area contributed by atoms with Crippen molar-refractivity contribution in [1.82, 2.24) is 10.1 Å². The molecule has 0 fully saturated rings. The van der Waals surface area contributed by atoms with Crippen molar-refractivity contribution >= 4 is 16.9 Å². The molecule has 0 aliphatic carbocycles. The number of primary amides is 1. The largest absolute Gasteiger partial charge is 0.364 e. The highest BCUT2D eigenvalue weighted by Crippen LogP contribution is 2.33. The van der Waals surface area contributed by atoms with Gasteiger partial charge in [0.25, 0.3) is 5.91 Å². The zero-order valence-electron chi connectivity index (χ0n) is 14.5. The number of amides is 1. The van der Waals surface area contributed by atoms with E-state index in [2.05, 4.69) is 10.1 Å². The van der Waals surface area contributed by atoms with E-state index in [-0.39, 0.29) is 11.7 Å². The van der Waals surface area contributed by atoms with E-state index in [4.69, 9.17) is 16.0 Å². The van der Waals surface area contributed by atoms with Crippen molar-refractivity contribution < 1.29 is 9.32 Å². The Balaban J connectivity index is 1.71. The van der Waals surface area contributed by atoms with E-state index in [0.717, 1.165) is 27.8 Å². The van der Waals surface area contributed by atoms with Crippen LogP contribution in [0.3, 0.4) is 0 Å². The van der Waals surface area contributed by atoms with E-state index < -0.39 is 5.91 Å². The number of fused-ring (bicyclic) bond motifs is 1. The number of para-hydroxylation sites is 1. The SMILES string of the molecule is NC(=O)c1cccc(CC(N)c2ccccc2-c2noc3ccccc23)n1. The van der Waals surface area contributed by atoms with Gasteiger partial charge >= 0.3 is 0 Å². The lowest BCUT2D eigenvalue weighted by atomic mass is 9.94. The standard InChI is InChI=1S/C21H18N4O2/c22-17(12-13-6-5-10-18(24-13)21(23)26)14-7-1-2-8-15(14)20-16-9-3-4-11-19(16)27-25-20/h1-11,17H,12,22H2,(H2,23,26). The number of carbonyl (C=O) groups is 1. The average Bonchev–Trinajstić information content (AvgIpc) is 3.12. The van der Waals surface area contributed by atoms with Crippen molar-refractivity contribution in [3.63, 3.8) is 0 Å². The molecule has 0 spiro atoms. The Bertz CT molecular complexity index is 1120. The Morgan fingerprint density at radius 3 is 2.63 bits per heavy atom. The molecule has 2 heterocycles. The number of nitrogens with zero attached hydrogens (tertiary/aromatic N) is 2. The molecule has 27 heavy (non-hydrogen) atoms. The quantitative estimate of drug-likeness (QED) is 0.569. The Morgan fingerprint density at radius 2 is 1.78 bits per heavy atom. The Labute approximate surface area is 155 Å². The van der Waals surface area contributed by atoms with Crippen LogP contribution in [0, 0.1) is 0 Å². The molecule has 4 aromatic rings. The highest BCUT2D eigenvalue weighted by molar-refractivity contribution is 5.92. The second kappa shape index (κ2) is 7.01. The molecule has 2 aromatic carbocycles. The smallest absolute Gasteiger partial charge is 0.267 e. The minimum atomic E-state index is -0.556. The summed E-state index contributed by atoms with van der Waals surface area (Å²) < 4.78 is 5.44. The minimum absolute atomic E-state index is 0.232. The fourth-order valence-corrected chi connectivity index (χ4v) is 3.18. The average molecular weight is 358 g/mol. The molecule has 1 unspecified atom stereocenters. The van der Waals surface area contributed by atoms with Crippen LogP contribution in [0.1, 0.15) is 27.8 Å². The monoisotopic (exact) mass is 358 g/mol. The molecule has 2 aromatic heterocycles. The van der Waals surface area contributed by atoms with Gasteiger partial charge in [0.05, 0.1) is 0 Å². The summed E-state index contributed by atoms with van der Waals surface area (Å²) in [5.74, 6) is -0.556. The van der Waals surface area contributed by atoms with Gasteiger partial charge in [-0.2, -0.15) is 0 Å². The lowest BCUT2D eigenvalue weighted by Crippen LogP contribution is -2.18. The molecule has 4 rings (SSSR count). The highest BCUT2D eigenvalue weighted by atomic mass is 16.5. The maximum atomic E-state index is 11.4. The molecule has 1 atom stereocenters. The lowest BCUT2D eigenvalue weighted by Gasteiger charge is -2.15. The third kappa shape index (κ3) is 3.30. The molecule has 0 saturated heterocycles. The van der Waals surface area contributed by atoms with Crippen molar-refractivity contribution in [2.75, 3.05) is 0 Å². The molecular weight excluding hydrogens is 340 g/mol. The molecular formula is C21H18N4O2. The maximum absolute atomic E-state index is 11.4. The first-order valence-corrected chi connectivity index (χ1v) is 8.58. The number of rotatable bonds is 5. The second-order valence-corrected chi connectivity index (χ2v) is 6.30. The van der Waals surface area contributed by atoms with Crippen molar-refractivity contribution in [2.45, 2.75) is 12.5 Å². The van der Waals surface area contributed by atoms with Crippen molar-refractivity contribution in [1.29, 1.82) is 0 Å². The number of hydrogen-bond donors (Lipinski definition) is 2. The molecule has 0 aliphatic heterocycles. The van der Waals surface area contributed by atoms with E-state index in [1.165, 1.54) is 0 Å². The van der Waals surface area contributed by atoms with Gasteiger partial charge in [0.2, 0.25) is 0 Å². The first-order chi connectivity index (χ1) is 13.1. The Kier molecular flexibility index (Phi) is 4.40. The predicted molar refractivity (Wildman–Crippen MR) is 103 cm³/mol. The normalized spacial score (nSPS) is 12.2. The number of aromatic nitrogens is 2. The summed E-state index contributed by atoms with van der Waals surface area (Å²) in [5.41, 5.74) is 16.1. The number of benzene rings is 2. The number of pyridine rings is 1. The molecule has 0 bridgehead atoms. The maximum Gasteiger partial charge on any atom is 0.267 e. The van der Waals surface area contributed by atoms with Crippen LogP contribution in [0.4, 0.5) is 0 Å². The van der Waals surface area contributed by atoms with Crippen LogP contribution in [0.25, 0.3) is 22.2 Å². The topological polar surface area (TPSA) is 108 Å². The van der Waals surface area contributed by atoms with Gasteiger partial charge in [-0.05, 0) is 29.8 Å². The molecule has 134 valence electrons. The van der Waals surface area contributed by atoms with Gasteiger partial charge in [0, 0.05) is 29.1 Å². The molecule has 6 nitrogen and oxygen atoms in total.